The predicted molar refractivity (Wildman–Crippen MR) is 75.9 cm³/mol. The second-order valence-electron chi connectivity index (χ2n) is 4.77. The smallest absolute Gasteiger partial charge is 0.341 e. The van der Waals surface area contributed by atoms with Crippen LogP contribution in [0.15, 0.2) is 23.1 Å². The average molecular weight is 314 g/mol. The fraction of sp³-hybridized carbons (Fsp3) is 0.500. The van der Waals surface area contributed by atoms with Crippen molar-refractivity contribution in [1.82, 2.24) is 0 Å². The zero-order valence-electron chi connectivity index (χ0n) is 11.7. The van der Waals surface area contributed by atoms with E-state index in [9.17, 15) is 9.00 Å². The van der Waals surface area contributed by atoms with Gasteiger partial charge in [-0.05, 0) is 37.0 Å². The van der Waals surface area contributed by atoms with Crippen LogP contribution in [0, 0.1) is 5.92 Å². The summed E-state index contributed by atoms with van der Waals surface area (Å²) in [6.45, 7) is 1.93. The molecule has 7 heteroatoms. The fourth-order valence-corrected chi connectivity index (χ4v) is 2.54. The van der Waals surface area contributed by atoms with Crippen LogP contribution in [-0.4, -0.2) is 41.7 Å². The molecule has 0 aliphatic carbocycles. The van der Waals surface area contributed by atoms with Gasteiger partial charge in [-0.15, -0.1) is 0 Å². The summed E-state index contributed by atoms with van der Waals surface area (Å²) >= 11 is -2.15. The Labute approximate surface area is 125 Å². The molecule has 1 aromatic rings. The van der Waals surface area contributed by atoms with E-state index in [0.29, 0.717) is 18.3 Å². The molecule has 1 unspecified atom stereocenters. The van der Waals surface area contributed by atoms with Crippen LogP contribution in [0.1, 0.15) is 23.2 Å². The van der Waals surface area contributed by atoms with Gasteiger partial charge in [0.15, 0.2) is 11.1 Å². The van der Waals surface area contributed by atoms with Gasteiger partial charge in [0.1, 0.15) is 11.3 Å². The molecule has 0 aromatic heterocycles. The highest BCUT2D eigenvalue weighted by Crippen LogP contribution is 2.24. The number of ether oxygens (including phenoxy) is 3. The summed E-state index contributed by atoms with van der Waals surface area (Å²) in [7, 11) is 1.26. The van der Waals surface area contributed by atoms with Crippen LogP contribution in [0.2, 0.25) is 0 Å². The van der Waals surface area contributed by atoms with Gasteiger partial charge in [0.05, 0.1) is 18.6 Å². The molecule has 0 saturated carbocycles. The zero-order valence-corrected chi connectivity index (χ0v) is 12.6. The molecule has 1 aliphatic rings. The SMILES string of the molecule is COC(=O)c1cc(S(=O)O)ccc1OCC1CCOCC1. The van der Waals surface area contributed by atoms with Crippen molar-refractivity contribution in [2.45, 2.75) is 17.7 Å². The number of hydrogen-bond acceptors (Lipinski definition) is 5. The van der Waals surface area contributed by atoms with Gasteiger partial charge in [-0.25, -0.2) is 9.00 Å². The number of carbonyl (C=O) groups is 1. The highest BCUT2D eigenvalue weighted by atomic mass is 32.2. The largest absolute Gasteiger partial charge is 0.492 e. The van der Waals surface area contributed by atoms with Crippen LogP contribution in [0.4, 0.5) is 0 Å². The van der Waals surface area contributed by atoms with Gasteiger partial charge in [0.25, 0.3) is 0 Å². The molecule has 1 aliphatic heterocycles. The van der Waals surface area contributed by atoms with Gasteiger partial charge in [-0.1, -0.05) is 0 Å². The molecule has 0 spiro atoms. The number of benzene rings is 1. The van der Waals surface area contributed by atoms with Crippen LogP contribution in [0.5, 0.6) is 5.75 Å². The Bertz CT molecular complexity index is 524. The monoisotopic (exact) mass is 314 g/mol. The third-order valence-electron chi connectivity index (χ3n) is 3.37. The van der Waals surface area contributed by atoms with Gasteiger partial charge >= 0.3 is 5.97 Å². The first-order valence-electron chi connectivity index (χ1n) is 6.65. The van der Waals surface area contributed by atoms with E-state index in [1.807, 2.05) is 0 Å². The van der Waals surface area contributed by atoms with Gasteiger partial charge in [0, 0.05) is 13.2 Å². The Morgan fingerprint density at radius 1 is 1.43 bits per heavy atom. The van der Waals surface area contributed by atoms with Crippen molar-refractivity contribution in [3.05, 3.63) is 23.8 Å². The lowest BCUT2D eigenvalue weighted by atomic mass is 10.0. The minimum atomic E-state index is -2.15. The number of carbonyl (C=O) groups excluding carboxylic acids is 1. The first kappa shape index (κ1) is 15.9. The third-order valence-corrected chi connectivity index (χ3v) is 4.03. The van der Waals surface area contributed by atoms with Crippen molar-refractivity contribution in [2.75, 3.05) is 26.9 Å². The van der Waals surface area contributed by atoms with E-state index in [-0.39, 0.29) is 10.5 Å². The van der Waals surface area contributed by atoms with Crippen molar-refractivity contribution >= 4 is 17.0 Å². The number of hydrogen-bond donors (Lipinski definition) is 1. The summed E-state index contributed by atoms with van der Waals surface area (Å²) in [5.41, 5.74) is 0.157. The van der Waals surface area contributed by atoms with Crippen LogP contribution in [-0.2, 0) is 20.6 Å². The molecule has 1 atom stereocenters. The molecular formula is C14H18O6S. The van der Waals surface area contributed by atoms with Crippen LogP contribution in [0.3, 0.4) is 0 Å². The lowest BCUT2D eigenvalue weighted by molar-refractivity contribution is 0.0483. The summed E-state index contributed by atoms with van der Waals surface area (Å²) < 4.78 is 35.8. The van der Waals surface area contributed by atoms with Crippen LogP contribution >= 0.6 is 0 Å². The van der Waals surface area contributed by atoms with E-state index in [2.05, 4.69) is 4.74 Å². The van der Waals surface area contributed by atoms with E-state index in [4.69, 9.17) is 14.0 Å². The van der Waals surface area contributed by atoms with Crippen molar-refractivity contribution in [1.29, 1.82) is 0 Å². The van der Waals surface area contributed by atoms with Gasteiger partial charge in [0.2, 0.25) is 0 Å². The highest BCUT2D eigenvalue weighted by molar-refractivity contribution is 7.79. The molecule has 0 amide bonds. The second-order valence-corrected chi connectivity index (χ2v) is 5.74. The Balaban J connectivity index is 2.13. The summed E-state index contributed by atoms with van der Waals surface area (Å²) in [6, 6.07) is 4.30. The molecule has 2 rings (SSSR count). The van der Waals surface area contributed by atoms with Crippen molar-refractivity contribution < 1.29 is 27.8 Å². The fourth-order valence-electron chi connectivity index (χ4n) is 2.13. The van der Waals surface area contributed by atoms with E-state index in [1.54, 1.807) is 0 Å². The van der Waals surface area contributed by atoms with E-state index in [1.165, 1.54) is 25.3 Å². The van der Waals surface area contributed by atoms with Gasteiger partial charge in [-0.2, -0.15) is 0 Å². The average Bonchev–Trinajstić information content (AvgIpc) is 2.52. The van der Waals surface area contributed by atoms with Gasteiger partial charge < -0.3 is 18.8 Å². The molecule has 116 valence electrons. The maximum absolute atomic E-state index is 11.8. The molecular weight excluding hydrogens is 296 g/mol. The van der Waals surface area contributed by atoms with Crippen LogP contribution in [0.25, 0.3) is 0 Å². The van der Waals surface area contributed by atoms with Crippen molar-refractivity contribution in [3.8, 4) is 5.75 Å². The summed E-state index contributed by atoms with van der Waals surface area (Å²) in [6.07, 6.45) is 1.85. The third kappa shape index (κ3) is 4.26. The molecule has 1 N–H and O–H groups in total. The maximum Gasteiger partial charge on any atom is 0.341 e. The standard InChI is InChI=1S/C14H18O6S/c1-18-14(15)12-8-11(21(16)17)2-3-13(12)20-9-10-4-6-19-7-5-10/h2-3,8,10H,4-7,9H2,1H3,(H,16,17). The number of esters is 1. The minimum absolute atomic E-state index is 0.133. The maximum atomic E-state index is 11.8. The lowest BCUT2D eigenvalue weighted by Crippen LogP contribution is -2.22. The van der Waals surface area contributed by atoms with Crippen molar-refractivity contribution in [3.63, 3.8) is 0 Å². The number of methoxy groups -OCH3 is 1. The van der Waals surface area contributed by atoms with E-state index < -0.39 is 17.0 Å². The molecule has 6 nitrogen and oxygen atoms in total. The summed E-state index contributed by atoms with van der Waals surface area (Å²) in [4.78, 5) is 11.9. The number of rotatable bonds is 5. The normalized spacial score (nSPS) is 17.2. The molecule has 21 heavy (non-hydrogen) atoms. The molecule has 0 radical (unpaired) electrons. The predicted octanol–water partition coefficient (Wildman–Crippen LogP) is 1.86. The van der Waals surface area contributed by atoms with Crippen molar-refractivity contribution in [2.24, 2.45) is 5.92 Å². The molecule has 0 bridgehead atoms. The van der Waals surface area contributed by atoms with E-state index in [0.717, 1.165) is 26.1 Å². The summed E-state index contributed by atoms with van der Waals surface area (Å²) in [5.74, 6) is 0.155. The zero-order chi connectivity index (χ0) is 15.2. The molecule has 1 aromatic carbocycles. The first-order chi connectivity index (χ1) is 10.1. The Morgan fingerprint density at radius 3 is 2.76 bits per heavy atom. The topological polar surface area (TPSA) is 82.1 Å². The molecule has 1 saturated heterocycles. The minimum Gasteiger partial charge on any atom is -0.492 e. The summed E-state index contributed by atoms with van der Waals surface area (Å²) in [5, 5.41) is 0. The molecule has 1 heterocycles. The Kier molecular flexibility index (Phi) is 5.72. The molecule has 1 fully saturated rings. The Hall–Kier alpha value is -1.44. The highest BCUT2D eigenvalue weighted by Gasteiger charge is 2.19. The lowest BCUT2D eigenvalue weighted by Gasteiger charge is -2.22. The second kappa shape index (κ2) is 7.53. The van der Waals surface area contributed by atoms with E-state index >= 15 is 0 Å². The van der Waals surface area contributed by atoms with Gasteiger partial charge in [-0.3, -0.25) is 0 Å². The first-order valence-corrected chi connectivity index (χ1v) is 7.76. The Morgan fingerprint density at radius 2 is 2.14 bits per heavy atom. The van der Waals surface area contributed by atoms with Crippen LogP contribution < -0.4 is 4.74 Å². The quantitative estimate of drug-likeness (QED) is 0.660.